The molecule has 0 fully saturated rings. The molecule has 0 aliphatic rings. The highest BCUT2D eigenvalue weighted by atomic mass is 32.2. The van der Waals surface area contributed by atoms with Gasteiger partial charge >= 0.3 is 0 Å². The number of thioether (sulfide) groups is 1. The molecule has 0 aliphatic heterocycles. The van der Waals surface area contributed by atoms with Gasteiger partial charge in [-0.25, -0.2) is 18.4 Å². The lowest BCUT2D eigenvalue weighted by molar-refractivity contribution is 0.0953. The number of hydrogen-bond acceptors (Lipinski definition) is 6. The van der Waals surface area contributed by atoms with Crippen LogP contribution >= 0.6 is 11.8 Å². The van der Waals surface area contributed by atoms with E-state index in [2.05, 4.69) is 15.3 Å². The number of carbonyl (C=O) groups is 1. The molecule has 1 heterocycles. The summed E-state index contributed by atoms with van der Waals surface area (Å²) in [6.45, 7) is 4.41. The predicted octanol–water partition coefficient (Wildman–Crippen LogP) is 2.86. The third kappa shape index (κ3) is 4.98. The van der Waals surface area contributed by atoms with Gasteiger partial charge in [-0.1, -0.05) is 42.8 Å². The van der Waals surface area contributed by atoms with E-state index in [-0.39, 0.29) is 16.3 Å². The minimum Gasteiger partial charge on any atom is -0.352 e. The Morgan fingerprint density at radius 3 is 2.52 bits per heavy atom. The summed E-state index contributed by atoms with van der Waals surface area (Å²) in [5.41, 5.74) is 1.08. The van der Waals surface area contributed by atoms with E-state index in [0.29, 0.717) is 11.7 Å². The molecule has 9 heteroatoms. The standard InChI is InChI=1S/C18H24N4O3S2/c1-5-6-11-19-17(23)15-12-20-18(26-4)21-16(15)22(3)27(24,25)14-9-7-13(2)8-10-14/h7-10,12H,5-6,11H2,1-4H3,(H,19,23). The minimum atomic E-state index is -3.86. The number of aromatic nitrogens is 2. The monoisotopic (exact) mass is 408 g/mol. The van der Waals surface area contributed by atoms with Crippen molar-refractivity contribution in [3.63, 3.8) is 0 Å². The van der Waals surface area contributed by atoms with Crippen molar-refractivity contribution in [2.45, 2.75) is 36.7 Å². The molecule has 2 aromatic rings. The highest BCUT2D eigenvalue weighted by Gasteiger charge is 2.27. The number of sulfonamides is 1. The maximum absolute atomic E-state index is 13.0. The molecule has 146 valence electrons. The highest BCUT2D eigenvalue weighted by Crippen LogP contribution is 2.25. The lowest BCUT2D eigenvalue weighted by Gasteiger charge is -2.21. The molecule has 0 unspecified atom stereocenters. The van der Waals surface area contributed by atoms with Crippen LogP contribution in [0.2, 0.25) is 0 Å². The van der Waals surface area contributed by atoms with E-state index in [9.17, 15) is 13.2 Å². The summed E-state index contributed by atoms with van der Waals surface area (Å²) in [4.78, 5) is 21.1. The van der Waals surface area contributed by atoms with E-state index in [1.165, 1.54) is 25.0 Å². The van der Waals surface area contributed by atoms with E-state index in [0.717, 1.165) is 22.7 Å². The molecule has 0 saturated carbocycles. The van der Waals surface area contributed by atoms with Gasteiger partial charge in [-0.05, 0) is 31.7 Å². The zero-order valence-corrected chi connectivity index (χ0v) is 17.5. The molecule has 0 spiro atoms. The first-order valence-corrected chi connectivity index (χ1v) is 11.2. The second-order valence-electron chi connectivity index (χ2n) is 5.99. The molecule has 1 N–H and O–H groups in total. The summed E-state index contributed by atoms with van der Waals surface area (Å²) in [6.07, 6.45) is 4.93. The van der Waals surface area contributed by atoms with Gasteiger partial charge in [-0.3, -0.25) is 9.10 Å². The van der Waals surface area contributed by atoms with Crippen molar-refractivity contribution in [2.24, 2.45) is 0 Å². The van der Waals surface area contributed by atoms with Gasteiger partial charge in [0.2, 0.25) is 0 Å². The van der Waals surface area contributed by atoms with Crippen LogP contribution in [0, 0.1) is 6.92 Å². The van der Waals surface area contributed by atoms with Gasteiger partial charge in [0, 0.05) is 19.8 Å². The Morgan fingerprint density at radius 1 is 1.26 bits per heavy atom. The Balaban J connectivity index is 2.44. The van der Waals surface area contributed by atoms with Crippen LogP contribution in [0.15, 0.2) is 40.5 Å². The van der Waals surface area contributed by atoms with Crippen LogP contribution in [0.5, 0.6) is 0 Å². The molecular weight excluding hydrogens is 384 g/mol. The molecule has 0 atom stereocenters. The fraction of sp³-hybridized carbons (Fsp3) is 0.389. The molecule has 7 nitrogen and oxygen atoms in total. The van der Waals surface area contributed by atoms with Gasteiger partial charge < -0.3 is 5.32 Å². The number of aryl methyl sites for hydroxylation is 1. The largest absolute Gasteiger partial charge is 0.352 e. The first-order valence-electron chi connectivity index (χ1n) is 8.56. The van der Waals surface area contributed by atoms with E-state index in [4.69, 9.17) is 0 Å². The van der Waals surface area contributed by atoms with E-state index < -0.39 is 15.9 Å². The van der Waals surface area contributed by atoms with E-state index in [1.807, 2.05) is 13.8 Å². The normalized spacial score (nSPS) is 11.3. The third-order valence-corrected chi connectivity index (χ3v) is 6.29. The van der Waals surface area contributed by atoms with Crippen LogP contribution in [0.3, 0.4) is 0 Å². The molecular formula is C18H24N4O3S2. The molecule has 0 bridgehead atoms. The predicted molar refractivity (Wildman–Crippen MR) is 108 cm³/mol. The van der Waals surface area contributed by atoms with Crippen LogP contribution in [0.25, 0.3) is 0 Å². The number of hydrogen-bond donors (Lipinski definition) is 1. The SMILES string of the molecule is CCCCNC(=O)c1cnc(SC)nc1N(C)S(=O)(=O)c1ccc(C)cc1. The smallest absolute Gasteiger partial charge is 0.265 e. The molecule has 1 amide bonds. The van der Waals surface area contributed by atoms with Crippen LogP contribution in [-0.2, 0) is 10.0 Å². The molecule has 0 aliphatic carbocycles. The van der Waals surface area contributed by atoms with Gasteiger partial charge in [0.25, 0.3) is 15.9 Å². The summed E-state index contributed by atoms with van der Waals surface area (Å²) < 4.78 is 27.0. The highest BCUT2D eigenvalue weighted by molar-refractivity contribution is 7.98. The van der Waals surface area contributed by atoms with Gasteiger partial charge in [0.05, 0.1) is 4.90 Å². The second-order valence-corrected chi connectivity index (χ2v) is 8.73. The summed E-state index contributed by atoms with van der Waals surface area (Å²) in [7, 11) is -2.47. The fourth-order valence-corrected chi connectivity index (χ4v) is 3.81. The van der Waals surface area contributed by atoms with Crippen molar-refractivity contribution in [1.29, 1.82) is 0 Å². The van der Waals surface area contributed by atoms with Crippen molar-refractivity contribution in [2.75, 3.05) is 24.2 Å². The topological polar surface area (TPSA) is 92.3 Å². The Labute approximate surface area is 164 Å². The van der Waals surface area contributed by atoms with E-state index in [1.54, 1.807) is 30.5 Å². The molecule has 27 heavy (non-hydrogen) atoms. The van der Waals surface area contributed by atoms with Crippen molar-refractivity contribution >= 4 is 33.5 Å². The van der Waals surface area contributed by atoms with Crippen molar-refractivity contribution < 1.29 is 13.2 Å². The lowest BCUT2D eigenvalue weighted by Crippen LogP contribution is -2.32. The molecule has 1 aromatic carbocycles. The molecule has 1 aromatic heterocycles. The number of amides is 1. The number of nitrogens with zero attached hydrogens (tertiary/aromatic N) is 3. The summed E-state index contributed by atoms with van der Waals surface area (Å²) >= 11 is 1.28. The Bertz CT molecular complexity index is 899. The first kappa shape index (κ1) is 21.2. The molecule has 2 rings (SSSR count). The van der Waals surface area contributed by atoms with Gasteiger partial charge in [-0.2, -0.15) is 0 Å². The zero-order chi connectivity index (χ0) is 20.0. The Morgan fingerprint density at radius 2 is 1.93 bits per heavy atom. The van der Waals surface area contributed by atoms with Crippen LogP contribution < -0.4 is 9.62 Å². The Kier molecular flexibility index (Phi) is 7.20. The first-order chi connectivity index (χ1) is 12.8. The number of nitrogens with one attached hydrogen (secondary N) is 1. The van der Waals surface area contributed by atoms with Gasteiger partial charge in [0.1, 0.15) is 5.56 Å². The zero-order valence-electron chi connectivity index (χ0n) is 15.9. The van der Waals surface area contributed by atoms with E-state index >= 15 is 0 Å². The number of benzene rings is 1. The van der Waals surface area contributed by atoms with Crippen molar-refractivity contribution in [1.82, 2.24) is 15.3 Å². The number of anilines is 1. The summed E-state index contributed by atoms with van der Waals surface area (Å²) in [5, 5.41) is 3.17. The maximum atomic E-state index is 13.0. The number of rotatable bonds is 8. The van der Waals surface area contributed by atoms with Crippen molar-refractivity contribution in [3.8, 4) is 0 Å². The van der Waals surface area contributed by atoms with Crippen LogP contribution in [0.1, 0.15) is 35.7 Å². The average Bonchev–Trinajstić information content (AvgIpc) is 2.67. The summed E-state index contributed by atoms with van der Waals surface area (Å²) in [6, 6.07) is 6.54. The summed E-state index contributed by atoms with van der Waals surface area (Å²) in [5.74, 6) is -0.332. The lowest BCUT2D eigenvalue weighted by atomic mass is 10.2. The maximum Gasteiger partial charge on any atom is 0.265 e. The Hall–Kier alpha value is -2.13. The fourth-order valence-electron chi connectivity index (χ4n) is 2.31. The van der Waals surface area contributed by atoms with Crippen molar-refractivity contribution in [3.05, 3.63) is 41.6 Å². The van der Waals surface area contributed by atoms with Gasteiger partial charge in [-0.15, -0.1) is 0 Å². The second kappa shape index (κ2) is 9.18. The minimum absolute atomic E-state index is 0.0592. The van der Waals surface area contributed by atoms with Gasteiger partial charge in [0.15, 0.2) is 11.0 Å². The number of unbranched alkanes of at least 4 members (excludes halogenated alkanes) is 1. The molecule has 0 saturated heterocycles. The average molecular weight is 409 g/mol. The number of carbonyl (C=O) groups excluding carboxylic acids is 1. The quantitative estimate of drug-likeness (QED) is 0.410. The third-order valence-electron chi connectivity index (χ3n) is 3.97. The van der Waals surface area contributed by atoms with Crippen LogP contribution in [-0.4, -0.2) is 44.1 Å². The van der Waals surface area contributed by atoms with Crippen LogP contribution in [0.4, 0.5) is 5.82 Å². The molecule has 0 radical (unpaired) electrons.